The lowest BCUT2D eigenvalue weighted by molar-refractivity contribution is -0.124. The van der Waals surface area contributed by atoms with E-state index < -0.39 is 0 Å². The van der Waals surface area contributed by atoms with Gasteiger partial charge in [0.1, 0.15) is 22.8 Å². The Morgan fingerprint density at radius 1 is 1.19 bits per heavy atom. The molecule has 0 saturated carbocycles. The van der Waals surface area contributed by atoms with Crippen LogP contribution in [0, 0.1) is 11.8 Å². The molecule has 3 aliphatic rings. The molecule has 0 spiro atoms. The number of Topliss-reactive ketones (excluding diaryl/α,β-unsaturated/α-hetero) is 1. The topological polar surface area (TPSA) is 76.5 Å². The van der Waals surface area contributed by atoms with Crippen molar-refractivity contribution >= 4 is 45.1 Å². The maximum Gasteiger partial charge on any atom is 0.142 e. The molecule has 3 aromatic rings. The predicted molar refractivity (Wildman–Crippen MR) is 127 cm³/mol. The van der Waals surface area contributed by atoms with Gasteiger partial charge in [0.25, 0.3) is 0 Å². The lowest BCUT2D eigenvalue weighted by Crippen LogP contribution is -2.26. The molecule has 4 heterocycles. The van der Waals surface area contributed by atoms with Crippen molar-refractivity contribution in [3.05, 3.63) is 46.1 Å². The van der Waals surface area contributed by atoms with E-state index in [-0.39, 0.29) is 5.92 Å². The van der Waals surface area contributed by atoms with Crippen LogP contribution in [0.1, 0.15) is 47.3 Å². The highest BCUT2D eigenvalue weighted by Crippen LogP contribution is 2.41. The van der Waals surface area contributed by atoms with Crippen LogP contribution in [0.5, 0.6) is 0 Å². The number of benzene rings is 1. The van der Waals surface area contributed by atoms with Crippen LogP contribution in [0.15, 0.2) is 29.5 Å². The average molecular weight is 447 g/mol. The van der Waals surface area contributed by atoms with E-state index in [9.17, 15) is 4.79 Å². The van der Waals surface area contributed by atoms with Crippen molar-refractivity contribution in [3.63, 3.8) is 0 Å². The Balaban J connectivity index is 1.24. The van der Waals surface area contributed by atoms with Crippen molar-refractivity contribution < 1.29 is 9.53 Å². The van der Waals surface area contributed by atoms with Gasteiger partial charge >= 0.3 is 0 Å². The minimum atomic E-state index is 0.138. The number of carbonyl (C=O) groups excluding carboxylic acids is 1. The number of thiophene rings is 1. The van der Waals surface area contributed by atoms with E-state index in [2.05, 4.69) is 38.5 Å². The highest BCUT2D eigenvalue weighted by atomic mass is 32.1. The lowest BCUT2D eigenvalue weighted by atomic mass is 9.81. The van der Waals surface area contributed by atoms with Gasteiger partial charge in [0.2, 0.25) is 0 Å². The molecule has 2 aromatic heterocycles. The van der Waals surface area contributed by atoms with Crippen molar-refractivity contribution in [1.82, 2.24) is 9.97 Å². The molecular weight excluding hydrogens is 420 g/mol. The van der Waals surface area contributed by atoms with E-state index >= 15 is 0 Å². The highest BCUT2D eigenvalue weighted by molar-refractivity contribution is 7.19. The van der Waals surface area contributed by atoms with Crippen LogP contribution in [0.3, 0.4) is 0 Å². The summed E-state index contributed by atoms with van der Waals surface area (Å²) in [6.45, 7) is 2.36. The van der Waals surface area contributed by atoms with Gasteiger partial charge in [-0.25, -0.2) is 9.97 Å². The second-order valence-electron chi connectivity index (χ2n) is 9.08. The molecule has 7 heteroatoms. The van der Waals surface area contributed by atoms with Gasteiger partial charge in [0.15, 0.2) is 0 Å². The molecule has 1 aliphatic carbocycles. The number of aryl methyl sites for hydroxylation is 1. The van der Waals surface area contributed by atoms with Crippen LogP contribution in [0.4, 0.5) is 11.5 Å². The molecule has 1 saturated heterocycles. The SMILES string of the molecule is O=C(CC1CCOCC1)C1CCc2c(sc3ncnc(Nc4ccc5c(c4)C=NC5)c23)C1. The van der Waals surface area contributed by atoms with E-state index in [1.165, 1.54) is 21.6 Å². The third-order valence-corrected chi connectivity index (χ3v) is 8.19. The molecule has 0 bridgehead atoms. The van der Waals surface area contributed by atoms with E-state index in [1.807, 2.05) is 6.21 Å². The summed E-state index contributed by atoms with van der Waals surface area (Å²) in [6.07, 6.45) is 8.99. The molecule has 1 aromatic carbocycles. The zero-order valence-electron chi connectivity index (χ0n) is 18.0. The molecule has 0 radical (unpaired) electrons. The Kier molecular flexibility index (Phi) is 5.23. The number of rotatable bonds is 5. The summed E-state index contributed by atoms with van der Waals surface area (Å²) in [5.41, 5.74) is 4.76. The molecule has 2 aliphatic heterocycles. The Morgan fingerprint density at radius 2 is 2.09 bits per heavy atom. The summed E-state index contributed by atoms with van der Waals surface area (Å²) in [5.74, 6) is 1.93. The predicted octanol–water partition coefficient (Wildman–Crippen LogP) is 4.86. The fourth-order valence-corrected chi connectivity index (χ4v) is 6.46. The Hall–Kier alpha value is -2.64. The first kappa shape index (κ1) is 20.0. The number of hydrogen-bond donors (Lipinski definition) is 1. The monoisotopic (exact) mass is 446 g/mol. The Bertz CT molecular complexity index is 1210. The second kappa shape index (κ2) is 8.37. The summed E-state index contributed by atoms with van der Waals surface area (Å²) < 4.78 is 5.45. The van der Waals surface area contributed by atoms with Crippen molar-refractivity contribution in [2.45, 2.75) is 45.1 Å². The van der Waals surface area contributed by atoms with Gasteiger partial charge in [-0.3, -0.25) is 9.79 Å². The minimum Gasteiger partial charge on any atom is -0.381 e. The molecule has 164 valence electrons. The van der Waals surface area contributed by atoms with Gasteiger partial charge in [-0.15, -0.1) is 11.3 Å². The number of ether oxygens (including phenoxy) is 1. The smallest absolute Gasteiger partial charge is 0.142 e. The van der Waals surface area contributed by atoms with Crippen molar-refractivity contribution in [3.8, 4) is 0 Å². The average Bonchev–Trinajstić information content (AvgIpc) is 3.43. The van der Waals surface area contributed by atoms with Crippen LogP contribution in [-0.4, -0.2) is 35.2 Å². The van der Waals surface area contributed by atoms with Crippen molar-refractivity contribution in [1.29, 1.82) is 0 Å². The number of hydrogen-bond acceptors (Lipinski definition) is 7. The third-order valence-electron chi connectivity index (χ3n) is 7.03. The van der Waals surface area contributed by atoms with Gasteiger partial charge in [0.05, 0.1) is 11.9 Å². The maximum absolute atomic E-state index is 13.0. The Labute approximate surface area is 191 Å². The first-order valence-corrected chi connectivity index (χ1v) is 12.3. The van der Waals surface area contributed by atoms with Crippen molar-refractivity contribution in [2.75, 3.05) is 18.5 Å². The molecule has 1 atom stereocenters. The quantitative estimate of drug-likeness (QED) is 0.606. The number of fused-ring (bicyclic) bond motifs is 4. The first-order chi connectivity index (χ1) is 15.7. The highest BCUT2D eigenvalue weighted by Gasteiger charge is 2.30. The fourth-order valence-electron chi connectivity index (χ4n) is 5.20. The number of anilines is 2. The standard InChI is InChI=1S/C25H26N4O2S/c30-21(9-15-5-7-31-8-6-15)16-2-4-20-22(11-16)32-25-23(20)24(27-14-28-25)29-19-3-1-17-12-26-13-18(17)10-19/h1,3,10,13-16H,2,4-9,11-12H2,(H,27,28,29). The van der Waals surface area contributed by atoms with Crippen molar-refractivity contribution in [2.24, 2.45) is 16.8 Å². The number of carbonyl (C=O) groups is 1. The van der Waals surface area contributed by atoms with Crippen LogP contribution >= 0.6 is 11.3 Å². The maximum atomic E-state index is 13.0. The summed E-state index contributed by atoms with van der Waals surface area (Å²) in [5, 5.41) is 4.64. The zero-order chi connectivity index (χ0) is 21.5. The van der Waals surface area contributed by atoms with E-state index in [4.69, 9.17) is 4.74 Å². The molecule has 0 amide bonds. The van der Waals surface area contributed by atoms with Gasteiger partial charge in [0, 0.05) is 42.3 Å². The summed E-state index contributed by atoms with van der Waals surface area (Å²) >= 11 is 1.73. The van der Waals surface area contributed by atoms with Crippen LogP contribution < -0.4 is 5.32 Å². The van der Waals surface area contributed by atoms with Crippen LogP contribution in [-0.2, 0) is 28.9 Å². The van der Waals surface area contributed by atoms with Gasteiger partial charge in [-0.2, -0.15) is 0 Å². The lowest BCUT2D eigenvalue weighted by Gasteiger charge is -2.25. The number of aromatic nitrogens is 2. The first-order valence-electron chi connectivity index (χ1n) is 11.5. The summed E-state index contributed by atoms with van der Waals surface area (Å²) in [7, 11) is 0. The third kappa shape index (κ3) is 3.73. The van der Waals surface area contributed by atoms with E-state index in [0.717, 1.165) is 73.6 Å². The van der Waals surface area contributed by atoms with Crippen LogP contribution in [0.25, 0.3) is 10.2 Å². The van der Waals surface area contributed by atoms with Gasteiger partial charge in [-0.05, 0) is 66.8 Å². The zero-order valence-corrected chi connectivity index (χ0v) is 18.8. The second-order valence-corrected chi connectivity index (χ2v) is 10.2. The van der Waals surface area contributed by atoms with Crippen LogP contribution in [0.2, 0.25) is 0 Å². The Morgan fingerprint density at radius 3 is 3.00 bits per heavy atom. The van der Waals surface area contributed by atoms with E-state index in [1.54, 1.807) is 17.7 Å². The molecule has 6 nitrogen and oxygen atoms in total. The number of nitrogens with one attached hydrogen (secondary N) is 1. The number of nitrogens with zero attached hydrogens (tertiary/aromatic N) is 3. The molecule has 1 fully saturated rings. The molecule has 1 N–H and O–H groups in total. The number of ketones is 1. The fraction of sp³-hybridized carbons (Fsp3) is 0.440. The summed E-state index contributed by atoms with van der Waals surface area (Å²) in [4.78, 5) is 28.8. The molecule has 6 rings (SSSR count). The molecular formula is C25H26N4O2S. The molecule has 32 heavy (non-hydrogen) atoms. The largest absolute Gasteiger partial charge is 0.381 e. The molecule has 1 unspecified atom stereocenters. The normalized spacial score (nSPS) is 20.3. The minimum absolute atomic E-state index is 0.138. The van der Waals surface area contributed by atoms with E-state index in [0.29, 0.717) is 18.1 Å². The summed E-state index contributed by atoms with van der Waals surface area (Å²) in [6, 6.07) is 6.34. The number of aliphatic imine (C=N–C) groups is 1. The van der Waals surface area contributed by atoms with Gasteiger partial charge in [-0.1, -0.05) is 6.07 Å². The van der Waals surface area contributed by atoms with Gasteiger partial charge < -0.3 is 10.1 Å².